The highest BCUT2D eigenvalue weighted by Gasteiger charge is 2.30. The second-order valence-electron chi connectivity index (χ2n) is 10.5. The number of carbonyl (C=O) groups is 1. The molecule has 4 rings (SSSR count). The third-order valence-corrected chi connectivity index (χ3v) is 9.57. The van der Waals surface area contributed by atoms with Gasteiger partial charge >= 0.3 is 5.97 Å². The predicted octanol–water partition coefficient (Wildman–Crippen LogP) is 6.12. The molecule has 2 aromatic carbocycles. The van der Waals surface area contributed by atoms with Crippen molar-refractivity contribution in [2.45, 2.75) is 64.5 Å². The summed E-state index contributed by atoms with van der Waals surface area (Å²) in [6.45, 7) is 4.97. The standard InChI is InChI=1S/C30H42N3O5P/c1-2-19-39(36,38-22-26-21-25-8-3-4-9-28(25)32-26)33-29(30(34)35)20-24-10-12-27(13-11-24)37-18-6-5-7-23-14-16-31-17-15-23/h3-4,8-13,21,23,29,31-32H,2,5-7,14-20,22H2,1H3,(H,33,36)(H,34,35)/t29-,39?/m0/s1. The minimum atomic E-state index is -3.40. The van der Waals surface area contributed by atoms with Gasteiger partial charge in [0.2, 0.25) is 0 Å². The van der Waals surface area contributed by atoms with Gasteiger partial charge in [-0.15, -0.1) is 0 Å². The molecule has 0 radical (unpaired) electrons. The van der Waals surface area contributed by atoms with Crippen molar-refractivity contribution in [3.8, 4) is 5.75 Å². The van der Waals surface area contributed by atoms with Crippen molar-refractivity contribution < 1.29 is 23.7 Å². The number of hydrogen-bond acceptors (Lipinski definition) is 5. The summed E-state index contributed by atoms with van der Waals surface area (Å²) in [7, 11) is -3.40. The Morgan fingerprint density at radius 2 is 1.90 bits per heavy atom. The van der Waals surface area contributed by atoms with Crippen LogP contribution in [-0.2, 0) is 26.9 Å². The third-order valence-electron chi connectivity index (χ3n) is 7.28. The zero-order valence-electron chi connectivity index (χ0n) is 22.9. The molecule has 0 amide bonds. The van der Waals surface area contributed by atoms with E-state index < -0.39 is 19.5 Å². The van der Waals surface area contributed by atoms with E-state index in [0.717, 1.165) is 53.3 Å². The van der Waals surface area contributed by atoms with Crippen LogP contribution in [0.15, 0.2) is 54.6 Å². The molecule has 8 nitrogen and oxygen atoms in total. The van der Waals surface area contributed by atoms with Crippen LogP contribution in [0, 0.1) is 5.92 Å². The Balaban J connectivity index is 1.26. The average Bonchev–Trinajstić information content (AvgIpc) is 3.36. The van der Waals surface area contributed by atoms with Gasteiger partial charge in [-0.05, 0) is 92.7 Å². The van der Waals surface area contributed by atoms with Crippen LogP contribution in [0.25, 0.3) is 10.9 Å². The zero-order valence-corrected chi connectivity index (χ0v) is 23.8. The summed E-state index contributed by atoms with van der Waals surface area (Å²) in [5.41, 5.74) is 2.59. The summed E-state index contributed by atoms with van der Waals surface area (Å²) < 4.78 is 25.4. The molecule has 39 heavy (non-hydrogen) atoms. The van der Waals surface area contributed by atoms with E-state index in [4.69, 9.17) is 9.26 Å². The number of fused-ring (bicyclic) bond motifs is 1. The van der Waals surface area contributed by atoms with Crippen molar-refractivity contribution >= 4 is 24.4 Å². The smallest absolute Gasteiger partial charge is 0.321 e. The van der Waals surface area contributed by atoms with Crippen molar-refractivity contribution in [3.05, 3.63) is 65.9 Å². The Labute approximate surface area is 231 Å². The highest BCUT2D eigenvalue weighted by Crippen LogP contribution is 2.45. The van der Waals surface area contributed by atoms with E-state index in [-0.39, 0.29) is 19.2 Å². The first-order chi connectivity index (χ1) is 18.9. The maximum atomic E-state index is 13.6. The molecule has 9 heteroatoms. The van der Waals surface area contributed by atoms with Gasteiger partial charge in [0.05, 0.1) is 13.2 Å². The summed E-state index contributed by atoms with van der Waals surface area (Å²) in [6, 6.07) is 16.3. The molecule has 1 fully saturated rings. The average molecular weight is 556 g/mol. The minimum absolute atomic E-state index is 0.106. The van der Waals surface area contributed by atoms with Gasteiger partial charge in [0.15, 0.2) is 0 Å². The van der Waals surface area contributed by atoms with Crippen LogP contribution in [0.2, 0.25) is 0 Å². The molecule has 3 aromatic rings. The first-order valence-corrected chi connectivity index (χ1v) is 16.0. The second-order valence-corrected chi connectivity index (χ2v) is 12.8. The highest BCUT2D eigenvalue weighted by atomic mass is 31.2. The normalized spacial score (nSPS) is 16.6. The quantitative estimate of drug-likeness (QED) is 0.124. The van der Waals surface area contributed by atoms with E-state index in [1.807, 2.05) is 61.5 Å². The van der Waals surface area contributed by atoms with Crippen LogP contribution in [0.3, 0.4) is 0 Å². The number of aliphatic carboxylic acids is 1. The van der Waals surface area contributed by atoms with E-state index in [9.17, 15) is 14.5 Å². The topological polar surface area (TPSA) is 113 Å². The highest BCUT2D eigenvalue weighted by molar-refractivity contribution is 7.56. The predicted molar refractivity (Wildman–Crippen MR) is 155 cm³/mol. The molecule has 0 saturated carbocycles. The van der Waals surface area contributed by atoms with Crippen molar-refractivity contribution in [1.82, 2.24) is 15.4 Å². The molecule has 2 heterocycles. The molecule has 0 bridgehead atoms. The molecule has 1 aliphatic rings. The lowest BCUT2D eigenvalue weighted by atomic mass is 9.93. The first-order valence-electron chi connectivity index (χ1n) is 14.2. The van der Waals surface area contributed by atoms with Crippen molar-refractivity contribution in [2.24, 2.45) is 5.92 Å². The molecular formula is C30H42N3O5P. The zero-order chi connectivity index (χ0) is 27.5. The molecular weight excluding hydrogens is 513 g/mol. The number of ether oxygens (including phenoxy) is 1. The number of para-hydroxylation sites is 1. The summed E-state index contributed by atoms with van der Waals surface area (Å²) in [4.78, 5) is 15.4. The SMILES string of the molecule is CCCP(=O)(N[C@@H](Cc1ccc(OCCCCC2CCNCC2)cc1)C(=O)O)OCc1cc2ccccc2[nH]1. The Kier molecular flexibility index (Phi) is 11.0. The number of carboxylic acid groups (broad SMARTS) is 1. The number of nitrogens with one attached hydrogen (secondary N) is 3. The van der Waals surface area contributed by atoms with E-state index >= 15 is 0 Å². The number of rotatable bonds is 16. The maximum absolute atomic E-state index is 13.6. The Morgan fingerprint density at radius 3 is 2.62 bits per heavy atom. The second kappa shape index (κ2) is 14.7. The summed E-state index contributed by atoms with van der Waals surface area (Å²) >= 11 is 0. The number of benzene rings is 2. The number of unbranched alkanes of at least 4 members (excludes halogenated alkanes) is 1. The lowest BCUT2D eigenvalue weighted by Crippen LogP contribution is -2.37. The summed E-state index contributed by atoms with van der Waals surface area (Å²) in [5.74, 6) is 0.557. The number of H-pyrrole nitrogens is 1. The number of aromatic nitrogens is 1. The van der Waals surface area contributed by atoms with Crippen molar-refractivity contribution in [1.29, 1.82) is 0 Å². The number of aromatic amines is 1. The Morgan fingerprint density at radius 1 is 1.13 bits per heavy atom. The van der Waals surface area contributed by atoms with Crippen LogP contribution in [0.1, 0.15) is 56.7 Å². The van der Waals surface area contributed by atoms with E-state index in [2.05, 4.69) is 15.4 Å². The van der Waals surface area contributed by atoms with Crippen LogP contribution >= 0.6 is 7.52 Å². The van der Waals surface area contributed by atoms with E-state index in [0.29, 0.717) is 13.0 Å². The van der Waals surface area contributed by atoms with Gasteiger partial charge in [0.1, 0.15) is 11.8 Å². The largest absolute Gasteiger partial charge is 0.494 e. The summed E-state index contributed by atoms with van der Waals surface area (Å²) in [5, 5.41) is 17.2. The number of carboxylic acids is 1. The van der Waals surface area contributed by atoms with E-state index in [1.165, 1.54) is 25.7 Å². The monoisotopic (exact) mass is 555 g/mol. The van der Waals surface area contributed by atoms with Gasteiger partial charge in [-0.3, -0.25) is 9.36 Å². The fourth-order valence-electron chi connectivity index (χ4n) is 5.12. The molecule has 0 spiro atoms. The minimum Gasteiger partial charge on any atom is -0.494 e. The maximum Gasteiger partial charge on any atom is 0.321 e. The lowest BCUT2D eigenvalue weighted by molar-refractivity contribution is -0.139. The molecule has 1 saturated heterocycles. The molecule has 212 valence electrons. The van der Waals surface area contributed by atoms with Crippen molar-refractivity contribution in [2.75, 3.05) is 25.9 Å². The lowest BCUT2D eigenvalue weighted by Gasteiger charge is -2.23. The van der Waals surface area contributed by atoms with Gasteiger partial charge in [-0.1, -0.05) is 43.7 Å². The van der Waals surface area contributed by atoms with Gasteiger partial charge < -0.3 is 24.7 Å². The van der Waals surface area contributed by atoms with Gasteiger partial charge in [-0.25, -0.2) is 5.09 Å². The molecule has 1 unspecified atom stereocenters. The van der Waals surface area contributed by atoms with E-state index in [1.54, 1.807) is 0 Å². The fraction of sp³-hybridized carbons (Fsp3) is 0.500. The molecule has 1 aromatic heterocycles. The van der Waals surface area contributed by atoms with Gasteiger partial charge in [0.25, 0.3) is 7.52 Å². The van der Waals surface area contributed by atoms with Crippen LogP contribution in [-0.4, -0.2) is 48.0 Å². The number of hydrogen-bond donors (Lipinski definition) is 4. The Hall–Kier alpha value is -2.64. The summed E-state index contributed by atoms with van der Waals surface area (Å²) in [6.07, 6.45) is 7.07. The Bertz CT molecular complexity index is 1190. The van der Waals surface area contributed by atoms with Gasteiger partial charge in [0, 0.05) is 17.4 Å². The van der Waals surface area contributed by atoms with Crippen LogP contribution < -0.4 is 15.1 Å². The van der Waals surface area contributed by atoms with Crippen LogP contribution in [0.4, 0.5) is 0 Å². The fourth-order valence-corrected chi connectivity index (χ4v) is 7.07. The third kappa shape index (κ3) is 9.21. The molecule has 0 aliphatic carbocycles. The van der Waals surface area contributed by atoms with Gasteiger partial charge in [-0.2, -0.15) is 0 Å². The first kappa shape index (κ1) is 29.3. The molecule has 4 N–H and O–H groups in total. The molecule has 2 atom stereocenters. The van der Waals surface area contributed by atoms with Crippen LogP contribution in [0.5, 0.6) is 5.75 Å². The molecule has 1 aliphatic heterocycles. The van der Waals surface area contributed by atoms with Crippen molar-refractivity contribution in [3.63, 3.8) is 0 Å². The number of piperidine rings is 1.